The van der Waals surface area contributed by atoms with Crippen molar-refractivity contribution < 1.29 is 17.6 Å². The van der Waals surface area contributed by atoms with Crippen LogP contribution in [0.15, 0.2) is 78.1 Å². The summed E-state index contributed by atoms with van der Waals surface area (Å²) in [5.74, 6) is -0.351. The first-order valence-electron chi connectivity index (χ1n) is 11.9. The molecule has 0 bridgehead atoms. The minimum Gasteiger partial charge on any atom is -0.306 e. The average molecular weight is 532 g/mol. The van der Waals surface area contributed by atoms with E-state index in [9.17, 15) is 13.2 Å². The van der Waals surface area contributed by atoms with Crippen molar-refractivity contribution >= 4 is 27.4 Å². The zero-order chi connectivity index (χ0) is 26.4. The molecule has 2 aromatic carbocycles. The molecule has 0 spiro atoms. The van der Waals surface area contributed by atoms with E-state index >= 15 is 4.39 Å². The summed E-state index contributed by atoms with van der Waals surface area (Å²) in [6, 6.07) is 14.4. The van der Waals surface area contributed by atoms with E-state index in [1.807, 2.05) is 6.07 Å². The van der Waals surface area contributed by atoms with E-state index in [1.54, 1.807) is 42.7 Å². The number of hydrogen-bond acceptors (Lipinski definition) is 6. The summed E-state index contributed by atoms with van der Waals surface area (Å²) in [6.07, 6.45) is 6.73. The van der Waals surface area contributed by atoms with Crippen molar-refractivity contribution in [2.75, 3.05) is 12.4 Å². The van der Waals surface area contributed by atoms with Gasteiger partial charge in [0.05, 0.1) is 16.8 Å². The molecule has 192 valence electrons. The number of anilines is 1. The van der Waals surface area contributed by atoms with Gasteiger partial charge in [-0.2, -0.15) is 10.2 Å². The fraction of sp³-hybridized carbons (Fsp3) is 0.154. The summed E-state index contributed by atoms with van der Waals surface area (Å²) < 4.78 is 44.6. The number of carbonyl (C=O) groups is 1. The molecule has 1 amide bonds. The molecule has 1 aliphatic rings. The van der Waals surface area contributed by atoms with Crippen LogP contribution in [-0.2, 0) is 10.0 Å². The summed E-state index contributed by atoms with van der Waals surface area (Å²) in [4.78, 5) is 17.5. The molecule has 2 N–H and O–H groups in total. The first-order valence-corrected chi connectivity index (χ1v) is 13.4. The zero-order valence-electron chi connectivity index (χ0n) is 20.2. The lowest BCUT2D eigenvalue weighted by molar-refractivity contribution is 0.102. The highest BCUT2D eigenvalue weighted by Crippen LogP contribution is 2.41. The number of halogens is 1. The van der Waals surface area contributed by atoms with Gasteiger partial charge in [0.15, 0.2) is 5.65 Å². The predicted octanol–water partition coefficient (Wildman–Crippen LogP) is 3.76. The quantitative estimate of drug-likeness (QED) is 0.330. The Kier molecular flexibility index (Phi) is 5.77. The van der Waals surface area contributed by atoms with E-state index in [2.05, 4.69) is 25.2 Å². The number of fused-ring (bicyclic) bond motifs is 1. The van der Waals surface area contributed by atoms with Gasteiger partial charge < -0.3 is 5.32 Å². The third kappa shape index (κ3) is 4.33. The van der Waals surface area contributed by atoms with E-state index in [4.69, 9.17) is 0 Å². The van der Waals surface area contributed by atoms with Crippen LogP contribution < -0.4 is 10.0 Å². The summed E-state index contributed by atoms with van der Waals surface area (Å²) in [7, 11) is -2.27. The molecule has 0 aliphatic heterocycles. The third-order valence-electron chi connectivity index (χ3n) is 6.45. The molecule has 5 aromatic rings. The number of amides is 1. The van der Waals surface area contributed by atoms with Crippen molar-refractivity contribution in [3.05, 3.63) is 90.1 Å². The third-order valence-corrected chi connectivity index (χ3v) is 7.88. The SMILES string of the molecule is CNS(=O)(=O)c1ccc(-c2cc(NC(=O)c3cnn4cccnc34)n(-c3ccc(C4CC4)cc3F)n2)cc1. The highest BCUT2D eigenvalue weighted by Gasteiger charge is 2.25. The lowest BCUT2D eigenvalue weighted by Crippen LogP contribution is -2.18. The first-order chi connectivity index (χ1) is 18.3. The van der Waals surface area contributed by atoms with Gasteiger partial charge in [0.1, 0.15) is 22.9 Å². The van der Waals surface area contributed by atoms with Crippen LogP contribution in [0.5, 0.6) is 0 Å². The molecule has 1 saturated carbocycles. The molecule has 3 heterocycles. The second-order valence-corrected chi connectivity index (χ2v) is 10.8. The number of sulfonamides is 1. The smallest absolute Gasteiger partial charge is 0.262 e. The monoisotopic (exact) mass is 531 g/mol. The maximum Gasteiger partial charge on any atom is 0.262 e. The molecular formula is C26H22FN7O3S. The minimum absolute atomic E-state index is 0.0963. The van der Waals surface area contributed by atoms with Gasteiger partial charge in [-0.15, -0.1) is 0 Å². The van der Waals surface area contributed by atoms with Gasteiger partial charge in [0.25, 0.3) is 5.91 Å². The van der Waals surface area contributed by atoms with Crippen LogP contribution in [0.2, 0.25) is 0 Å². The van der Waals surface area contributed by atoms with Gasteiger partial charge in [-0.25, -0.2) is 31.7 Å². The minimum atomic E-state index is -3.61. The van der Waals surface area contributed by atoms with Crippen LogP contribution in [0.4, 0.5) is 10.2 Å². The fourth-order valence-corrected chi connectivity index (χ4v) is 4.98. The maximum atomic E-state index is 15.3. The van der Waals surface area contributed by atoms with Gasteiger partial charge in [-0.1, -0.05) is 18.2 Å². The average Bonchev–Trinajstić information content (AvgIpc) is 3.56. The highest BCUT2D eigenvalue weighted by atomic mass is 32.2. The Balaban J connectivity index is 1.41. The van der Waals surface area contributed by atoms with Crippen molar-refractivity contribution in [1.29, 1.82) is 0 Å². The number of aromatic nitrogens is 5. The Morgan fingerprint density at radius 1 is 1.11 bits per heavy atom. The molecule has 0 saturated heterocycles. The first kappa shape index (κ1) is 23.9. The Morgan fingerprint density at radius 3 is 2.61 bits per heavy atom. The molecule has 0 radical (unpaired) electrons. The van der Waals surface area contributed by atoms with Crippen molar-refractivity contribution in [3.8, 4) is 16.9 Å². The van der Waals surface area contributed by atoms with Gasteiger partial charge in [0, 0.05) is 24.0 Å². The van der Waals surface area contributed by atoms with Crippen LogP contribution in [0, 0.1) is 5.82 Å². The number of nitrogens with zero attached hydrogens (tertiary/aromatic N) is 5. The summed E-state index contributed by atoms with van der Waals surface area (Å²) in [5.41, 5.74) is 2.72. The van der Waals surface area contributed by atoms with Crippen molar-refractivity contribution in [2.45, 2.75) is 23.7 Å². The van der Waals surface area contributed by atoms with Crippen LogP contribution in [-0.4, -0.2) is 45.8 Å². The standard InChI is InChI=1S/C26H22FN7O3S/c1-28-38(36,37)19-8-5-17(6-9-19)22-14-24(31-26(35)20-15-30-33-12-2-11-29-25(20)33)34(32-22)23-10-7-18(13-21(23)27)16-3-4-16/h2,5-16,28H,3-4H2,1H3,(H,31,35). The fourth-order valence-electron chi connectivity index (χ4n) is 4.25. The highest BCUT2D eigenvalue weighted by molar-refractivity contribution is 7.89. The summed E-state index contributed by atoms with van der Waals surface area (Å²) in [6.45, 7) is 0. The molecule has 3 aromatic heterocycles. The Bertz CT molecular complexity index is 1790. The zero-order valence-corrected chi connectivity index (χ0v) is 21.0. The summed E-state index contributed by atoms with van der Waals surface area (Å²) in [5, 5.41) is 11.5. The van der Waals surface area contributed by atoms with Crippen LogP contribution in [0.1, 0.15) is 34.7 Å². The summed E-state index contributed by atoms with van der Waals surface area (Å²) >= 11 is 0. The molecule has 1 aliphatic carbocycles. The normalized spacial score (nSPS) is 13.6. The van der Waals surface area contributed by atoms with Crippen molar-refractivity contribution in [3.63, 3.8) is 0 Å². The maximum absolute atomic E-state index is 15.3. The van der Waals surface area contributed by atoms with Gasteiger partial charge in [0.2, 0.25) is 10.0 Å². The van der Waals surface area contributed by atoms with E-state index in [0.717, 1.165) is 18.4 Å². The second kappa shape index (κ2) is 9.15. The van der Waals surface area contributed by atoms with Crippen molar-refractivity contribution in [1.82, 2.24) is 29.1 Å². The van der Waals surface area contributed by atoms with Gasteiger partial charge in [-0.3, -0.25) is 4.79 Å². The van der Waals surface area contributed by atoms with Crippen LogP contribution >= 0.6 is 0 Å². The van der Waals surface area contributed by atoms with E-state index in [-0.39, 0.29) is 22.0 Å². The van der Waals surface area contributed by atoms with Gasteiger partial charge >= 0.3 is 0 Å². The number of benzene rings is 2. The molecule has 0 atom stereocenters. The lowest BCUT2D eigenvalue weighted by Gasteiger charge is -2.10. The molecule has 6 rings (SSSR count). The number of hydrogen-bond donors (Lipinski definition) is 2. The predicted molar refractivity (Wildman–Crippen MR) is 138 cm³/mol. The molecule has 12 heteroatoms. The van der Waals surface area contributed by atoms with Crippen molar-refractivity contribution in [2.24, 2.45) is 0 Å². The van der Waals surface area contributed by atoms with E-state index in [1.165, 1.54) is 40.6 Å². The molecule has 10 nitrogen and oxygen atoms in total. The van der Waals surface area contributed by atoms with E-state index in [0.29, 0.717) is 22.8 Å². The largest absolute Gasteiger partial charge is 0.306 e. The Hall–Kier alpha value is -4.42. The Labute approximate surface area is 217 Å². The number of nitrogens with one attached hydrogen (secondary N) is 2. The molecule has 1 fully saturated rings. The molecule has 38 heavy (non-hydrogen) atoms. The van der Waals surface area contributed by atoms with E-state index < -0.39 is 21.7 Å². The topological polar surface area (TPSA) is 123 Å². The molecular weight excluding hydrogens is 509 g/mol. The number of carbonyl (C=O) groups excluding carboxylic acids is 1. The Morgan fingerprint density at radius 2 is 1.89 bits per heavy atom. The van der Waals surface area contributed by atoms with Gasteiger partial charge in [-0.05, 0) is 61.7 Å². The van der Waals surface area contributed by atoms with Crippen LogP contribution in [0.3, 0.4) is 0 Å². The number of rotatable bonds is 7. The second-order valence-electron chi connectivity index (χ2n) is 8.94. The molecule has 0 unspecified atom stereocenters. The van der Waals surface area contributed by atoms with Crippen LogP contribution in [0.25, 0.3) is 22.6 Å². The lowest BCUT2D eigenvalue weighted by atomic mass is 10.1.